The molecule has 0 radical (unpaired) electrons. The highest BCUT2D eigenvalue weighted by molar-refractivity contribution is 7.92. The Labute approximate surface area is 171 Å². The quantitative estimate of drug-likeness (QED) is 0.640. The fourth-order valence-corrected chi connectivity index (χ4v) is 4.99. The van der Waals surface area contributed by atoms with Crippen molar-refractivity contribution in [2.45, 2.75) is 46.1 Å². The Morgan fingerprint density at radius 3 is 2.11 bits per heavy atom. The lowest BCUT2D eigenvalue weighted by Gasteiger charge is -2.15. The van der Waals surface area contributed by atoms with E-state index in [0.29, 0.717) is 22.3 Å². The Bertz CT molecular complexity index is 1110. The van der Waals surface area contributed by atoms with Crippen LogP contribution in [0.15, 0.2) is 41.3 Å². The number of rotatable bonds is 5. The van der Waals surface area contributed by atoms with Gasteiger partial charge in [0, 0.05) is 16.8 Å². The van der Waals surface area contributed by atoms with Crippen molar-refractivity contribution >= 4 is 27.4 Å². The molecule has 0 saturated carbocycles. The lowest BCUT2D eigenvalue weighted by molar-refractivity contribution is 0.599. The minimum atomic E-state index is -3.74. The van der Waals surface area contributed by atoms with Gasteiger partial charge in [0.15, 0.2) is 5.82 Å². The number of aromatic nitrogens is 2. The molecule has 0 spiro atoms. The highest BCUT2D eigenvalue weighted by Crippen LogP contribution is 2.28. The molecule has 0 saturated heterocycles. The van der Waals surface area contributed by atoms with Crippen LogP contribution in [0.25, 0.3) is 0 Å². The number of aryl methyl sites for hydroxylation is 3. The fraction of sp³-hybridized carbons (Fsp3) is 0.286. The molecule has 0 unspecified atom stereocenters. The predicted octanol–water partition coefficient (Wildman–Crippen LogP) is 4.93. The minimum Gasteiger partial charge on any atom is -0.263 e. The van der Waals surface area contributed by atoms with E-state index < -0.39 is 10.0 Å². The summed E-state index contributed by atoms with van der Waals surface area (Å²) in [6.07, 6.45) is 0. The first-order chi connectivity index (χ1) is 13.1. The monoisotopic (exact) mass is 417 g/mol. The first kappa shape index (κ1) is 20.4. The van der Waals surface area contributed by atoms with Gasteiger partial charge in [-0.3, -0.25) is 9.40 Å². The fourth-order valence-electron chi connectivity index (χ4n) is 3.26. The van der Waals surface area contributed by atoms with E-state index in [1.165, 1.54) is 0 Å². The average Bonchev–Trinajstić information content (AvgIpc) is 2.93. The maximum Gasteiger partial charge on any atom is 0.263 e. The molecule has 3 aromatic rings. The van der Waals surface area contributed by atoms with Gasteiger partial charge in [-0.05, 0) is 74.6 Å². The molecule has 5 nitrogen and oxygen atoms in total. The molecule has 0 bridgehead atoms. The molecule has 148 valence electrons. The third-order valence-corrected chi connectivity index (χ3v) is 6.91. The summed E-state index contributed by atoms with van der Waals surface area (Å²) in [5.41, 5.74) is 5.31. The molecule has 0 amide bonds. The normalized spacial score (nSPS) is 11.6. The van der Waals surface area contributed by atoms with Crippen molar-refractivity contribution in [1.29, 1.82) is 0 Å². The Morgan fingerprint density at radius 2 is 1.54 bits per heavy atom. The number of nitrogens with zero attached hydrogens (tertiary/aromatic N) is 2. The number of benzene rings is 2. The number of nitrogens with one attached hydrogen (secondary N) is 1. The van der Waals surface area contributed by atoms with Gasteiger partial charge in [0.25, 0.3) is 10.0 Å². The summed E-state index contributed by atoms with van der Waals surface area (Å²) < 4.78 is 30.6. The maximum absolute atomic E-state index is 13.1. The summed E-state index contributed by atoms with van der Waals surface area (Å²) in [6, 6.07) is 11.2. The van der Waals surface area contributed by atoms with Crippen LogP contribution in [0.3, 0.4) is 0 Å². The van der Waals surface area contributed by atoms with Gasteiger partial charge in [-0.1, -0.05) is 29.8 Å². The van der Waals surface area contributed by atoms with Crippen LogP contribution in [0, 0.1) is 34.6 Å². The second kappa shape index (κ2) is 7.60. The van der Waals surface area contributed by atoms with E-state index >= 15 is 0 Å². The molecule has 28 heavy (non-hydrogen) atoms. The first-order valence-electron chi connectivity index (χ1n) is 8.97. The van der Waals surface area contributed by atoms with Gasteiger partial charge in [0.1, 0.15) is 0 Å². The summed E-state index contributed by atoms with van der Waals surface area (Å²) in [6.45, 7) is 9.94. The number of hydrogen-bond donors (Lipinski definition) is 1. The number of hydrogen-bond acceptors (Lipinski definition) is 3. The van der Waals surface area contributed by atoms with Crippen LogP contribution in [0.4, 0.5) is 5.82 Å². The highest BCUT2D eigenvalue weighted by atomic mass is 35.5. The molecule has 0 atom stereocenters. The Balaban J connectivity index is 1.91. The molecule has 0 aliphatic carbocycles. The van der Waals surface area contributed by atoms with Crippen molar-refractivity contribution < 1.29 is 8.42 Å². The third kappa shape index (κ3) is 4.08. The maximum atomic E-state index is 13.1. The standard InChI is InChI=1S/C21H24ClN3O2S/c1-13-10-14(2)17(5)21(16(13)4)28(26,27)24-20-11-15(3)25(23-20)12-18-6-8-19(22)9-7-18/h6-11H,12H2,1-5H3,(H,23,24). The zero-order valence-corrected chi connectivity index (χ0v) is 18.2. The van der Waals surface area contributed by atoms with Crippen LogP contribution in [0.2, 0.25) is 5.02 Å². The molecule has 3 rings (SSSR count). The second-order valence-electron chi connectivity index (χ2n) is 7.15. The topological polar surface area (TPSA) is 64.0 Å². The first-order valence-corrected chi connectivity index (χ1v) is 10.8. The van der Waals surface area contributed by atoms with E-state index in [4.69, 9.17) is 11.6 Å². The van der Waals surface area contributed by atoms with Crippen LogP contribution in [0.5, 0.6) is 0 Å². The summed E-state index contributed by atoms with van der Waals surface area (Å²) in [4.78, 5) is 0.329. The molecular weight excluding hydrogens is 394 g/mol. The van der Waals surface area contributed by atoms with E-state index in [-0.39, 0.29) is 0 Å². The summed E-state index contributed by atoms with van der Waals surface area (Å²) in [7, 11) is -3.74. The van der Waals surface area contributed by atoms with Gasteiger partial charge in [0.2, 0.25) is 0 Å². The van der Waals surface area contributed by atoms with Gasteiger partial charge in [0.05, 0.1) is 11.4 Å². The van der Waals surface area contributed by atoms with Gasteiger partial charge in [-0.25, -0.2) is 8.42 Å². The van der Waals surface area contributed by atoms with Gasteiger partial charge >= 0.3 is 0 Å². The van der Waals surface area contributed by atoms with Crippen molar-refractivity contribution in [3.63, 3.8) is 0 Å². The van der Waals surface area contributed by atoms with Crippen molar-refractivity contribution in [2.24, 2.45) is 0 Å². The Morgan fingerprint density at radius 1 is 0.964 bits per heavy atom. The Hall–Kier alpha value is -2.31. The van der Waals surface area contributed by atoms with Crippen LogP contribution in [-0.4, -0.2) is 18.2 Å². The van der Waals surface area contributed by atoms with Crippen molar-refractivity contribution in [3.05, 3.63) is 74.9 Å². The van der Waals surface area contributed by atoms with E-state index in [9.17, 15) is 8.42 Å². The third-order valence-electron chi connectivity index (χ3n) is 5.03. The minimum absolute atomic E-state index is 0.310. The van der Waals surface area contributed by atoms with E-state index in [1.807, 2.05) is 65.0 Å². The van der Waals surface area contributed by atoms with E-state index in [2.05, 4.69) is 9.82 Å². The molecule has 0 aliphatic heterocycles. The summed E-state index contributed by atoms with van der Waals surface area (Å²) in [5, 5.41) is 5.11. The van der Waals surface area contributed by atoms with Gasteiger partial charge < -0.3 is 0 Å². The molecule has 0 aliphatic rings. The molecule has 0 fully saturated rings. The highest BCUT2D eigenvalue weighted by Gasteiger charge is 2.23. The largest absolute Gasteiger partial charge is 0.263 e. The summed E-state index contributed by atoms with van der Waals surface area (Å²) >= 11 is 5.93. The molecule has 1 heterocycles. The SMILES string of the molecule is Cc1cc(C)c(C)c(S(=O)(=O)Nc2cc(C)n(Cc3ccc(Cl)cc3)n2)c1C. The Kier molecular flexibility index (Phi) is 5.55. The van der Waals surface area contributed by atoms with Gasteiger partial charge in [-0.15, -0.1) is 0 Å². The number of anilines is 1. The van der Waals surface area contributed by atoms with Crippen LogP contribution in [0.1, 0.15) is 33.5 Å². The lowest BCUT2D eigenvalue weighted by atomic mass is 10.0. The summed E-state index contributed by atoms with van der Waals surface area (Å²) in [5.74, 6) is 0.310. The molecule has 2 aromatic carbocycles. The molecule has 1 N–H and O–H groups in total. The lowest BCUT2D eigenvalue weighted by Crippen LogP contribution is -2.17. The second-order valence-corrected chi connectivity index (χ2v) is 9.21. The van der Waals surface area contributed by atoms with Crippen molar-refractivity contribution in [1.82, 2.24) is 9.78 Å². The van der Waals surface area contributed by atoms with Crippen LogP contribution < -0.4 is 4.72 Å². The smallest absolute Gasteiger partial charge is 0.263 e. The zero-order valence-electron chi connectivity index (χ0n) is 16.7. The number of halogens is 1. The average molecular weight is 418 g/mol. The van der Waals surface area contributed by atoms with E-state index in [0.717, 1.165) is 33.5 Å². The van der Waals surface area contributed by atoms with E-state index in [1.54, 1.807) is 10.7 Å². The zero-order chi connectivity index (χ0) is 20.6. The predicted molar refractivity (Wildman–Crippen MR) is 114 cm³/mol. The van der Waals surface area contributed by atoms with Crippen molar-refractivity contribution in [2.75, 3.05) is 4.72 Å². The molecule has 7 heteroatoms. The van der Waals surface area contributed by atoms with Gasteiger partial charge in [-0.2, -0.15) is 5.10 Å². The van der Waals surface area contributed by atoms with Crippen molar-refractivity contribution in [3.8, 4) is 0 Å². The molecular formula is C21H24ClN3O2S. The molecule has 1 aromatic heterocycles. The van der Waals surface area contributed by atoms with Crippen LogP contribution in [-0.2, 0) is 16.6 Å². The van der Waals surface area contributed by atoms with Crippen LogP contribution >= 0.6 is 11.6 Å². The number of sulfonamides is 1.